The highest BCUT2D eigenvalue weighted by molar-refractivity contribution is 7.99. The van der Waals surface area contributed by atoms with E-state index >= 15 is 0 Å². The molecule has 0 aliphatic heterocycles. The maximum atomic E-state index is 12.5. The fourth-order valence-corrected chi connectivity index (χ4v) is 3.97. The Morgan fingerprint density at radius 2 is 2.12 bits per heavy atom. The van der Waals surface area contributed by atoms with Crippen molar-refractivity contribution in [2.75, 3.05) is 18.2 Å². The number of amides is 1. The first kappa shape index (κ1) is 23.7. The first-order valence-corrected chi connectivity index (χ1v) is 11.3. The number of hydrogen-bond acceptors (Lipinski definition) is 6. The minimum atomic E-state index is -0.330. The molecule has 1 atom stereocenters. The Morgan fingerprint density at radius 3 is 2.84 bits per heavy atom. The summed E-state index contributed by atoms with van der Waals surface area (Å²) < 4.78 is 13.2. The Balaban J connectivity index is 1.69. The third-order valence-corrected chi connectivity index (χ3v) is 5.69. The largest absolute Gasteiger partial charge is 0.495 e. The van der Waals surface area contributed by atoms with Gasteiger partial charge in [0.2, 0.25) is 5.91 Å². The summed E-state index contributed by atoms with van der Waals surface area (Å²) in [6, 6.07) is 12.9. The van der Waals surface area contributed by atoms with Crippen molar-refractivity contribution in [3.05, 3.63) is 71.5 Å². The molecule has 168 valence electrons. The molecule has 3 rings (SSSR count). The van der Waals surface area contributed by atoms with Crippen LogP contribution in [0, 0.1) is 6.92 Å². The molecule has 0 saturated carbocycles. The predicted molar refractivity (Wildman–Crippen MR) is 128 cm³/mol. The second-order valence-corrected chi connectivity index (χ2v) is 8.38. The number of thioether (sulfide) groups is 1. The van der Waals surface area contributed by atoms with E-state index in [1.165, 1.54) is 18.9 Å². The van der Waals surface area contributed by atoms with Crippen LogP contribution < -0.4 is 14.8 Å². The first-order valence-electron chi connectivity index (χ1n) is 9.94. The number of carbonyl (C=O) groups excluding carboxylic acids is 1. The first-order chi connectivity index (χ1) is 15.4. The predicted octanol–water partition coefficient (Wildman–Crippen LogP) is 5.31. The number of benzene rings is 2. The molecule has 2 aromatic carbocycles. The highest BCUT2D eigenvalue weighted by Gasteiger charge is 2.20. The molecule has 1 N–H and O–H groups in total. The van der Waals surface area contributed by atoms with Crippen LogP contribution in [0.4, 0.5) is 5.69 Å². The zero-order chi connectivity index (χ0) is 23.1. The molecular formula is C23H25ClN4O3S. The fourth-order valence-electron chi connectivity index (χ4n) is 3.05. The van der Waals surface area contributed by atoms with E-state index in [0.29, 0.717) is 34.0 Å². The van der Waals surface area contributed by atoms with Gasteiger partial charge in [-0.1, -0.05) is 41.6 Å². The molecule has 0 bridgehead atoms. The van der Waals surface area contributed by atoms with Crippen molar-refractivity contribution in [2.45, 2.75) is 31.7 Å². The molecule has 9 heteroatoms. The number of methoxy groups -OCH3 is 1. The molecule has 1 aromatic heterocycles. The molecule has 0 fully saturated rings. The van der Waals surface area contributed by atoms with Gasteiger partial charge in [-0.3, -0.25) is 9.36 Å². The van der Waals surface area contributed by atoms with E-state index in [9.17, 15) is 4.79 Å². The Kier molecular flexibility index (Phi) is 8.19. The second-order valence-electron chi connectivity index (χ2n) is 7.00. The van der Waals surface area contributed by atoms with Gasteiger partial charge in [0.25, 0.3) is 0 Å². The zero-order valence-electron chi connectivity index (χ0n) is 18.2. The van der Waals surface area contributed by atoms with Crippen LogP contribution in [0.2, 0.25) is 5.02 Å². The normalized spacial score (nSPS) is 11.6. The number of nitrogens with zero attached hydrogens (tertiary/aromatic N) is 3. The number of rotatable bonds is 10. The average Bonchev–Trinajstić information content (AvgIpc) is 3.15. The van der Waals surface area contributed by atoms with Gasteiger partial charge < -0.3 is 14.8 Å². The van der Waals surface area contributed by atoms with Gasteiger partial charge in [0.1, 0.15) is 11.5 Å². The Morgan fingerprint density at radius 1 is 1.31 bits per heavy atom. The van der Waals surface area contributed by atoms with Gasteiger partial charge in [0.05, 0.1) is 18.6 Å². The number of anilines is 1. The average molecular weight is 473 g/mol. The van der Waals surface area contributed by atoms with E-state index in [4.69, 9.17) is 21.1 Å². The lowest BCUT2D eigenvalue weighted by Gasteiger charge is -2.16. The lowest BCUT2D eigenvalue weighted by atomic mass is 10.2. The van der Waals surface area contributed by atoms with Crippen LogP contribution in [0.25, 0.3) is 0 Å². The van der Waals surface area contributed by atoms with Crippen LogP contribution in [-0.4, -0.2) is 33.5 Å². The standard InChI is InChI=1S/C23H25ClN4O3S/c1-5-11-28-22(16(3)31-18-8-6-7-15(2)12-18)26-27-23(28)32-14-21(29)25-19-13-17(24)9-10-20(19)30-4/h5-10,12-13,16H,1,11,14H2,2-4H3,(H,25,29). The van der Waals surface area contributed by atoms with Crippen molar-refractivity contribution in [3.63, 3.8) is 0 Å². The molecule has 0 radical (unpaired) electrons. The van der Waals surface area contributed by atoms with Gasteiger partial charge >= 0.3 is 0 Å². The number of aromatic nitrogens is 3. The SMILES string of the molecule is C=CCn1c(SCC(=O)Nc2cc(Cl)ccc2OC)nnc1C(C)Oc1cccc(C)c1. The summed E-state index contributed by atoms with van der Waals surface area (Å²) in [5.41, 5.74) is 1.62. The van der Waals surface area contributed by atoms with E-state index in [1.807, 2.05) is 42.7 Å². The Labute approximate surface area is 196 Å². The molecule has 32 heavy (non-hydrogen) atoms. The summed E-state index contributed by atoms with van der Waals surface area (Å²) in [4.78, 5) is 12.5. The zero-order valence-corrected chi connectivity index (χ0v) is 19.7. The van der Waals surface area contributed by atoms with Gasteiger partial charge in [-0.05, 0) is 49.7 Å². The fraction of sp³-hybridized carbons (Fsp3) is 0.261. The van der Waals surface area contributed by atoms with Gasteiger partial charge in [0.15, 0.2) is 17.1 Å². The molecule has 3 aromatic rings. The van der Waals surface area contributed by atoms with E-state index in [0.717, 1.165) is 11.3 Å². The number of carbonyl (C=O) groups is 1. The van der Waals surface area contributed by atoms with Gasteiger partial charge in [-0.2, -0.15) is 0 Å². The Hall–Kier alpha value is -2.97. The van der Waals surface area contributed by atoms with Crippen LogP contribution in [0.1, 0.15) is 24.4 Å². The van der Waals surface area contributed by atoms with Crippen molar-refractivity contribution < 1.29 is 14.3 Å². The van der Waals surface area contributed by atoms with Crippen molar-refractivity contribution >= 4 is 35.0 Å². The van der Waals surface area contributed by atoms with Gasteiger partial charge in [-0.25, -0.2) is 0 Å². The summed E-state index contributed by atoms with van der Waals surface area (Å²) in [6.45, 7) is 8.24. The quantitative estimate of drug-likeness (QED) is 0.318. The molecular weight excluding hydrogens is 448 g/mol. The lowest BCUT2D eigenvalue weighted by molar-refractivity contribution is -0.113. The van der Waals surface area contributed by atoms with Crippen LogP contribution in [-0.2, 0) is 11.3 Å². The Bertz CT molecular complexity index is 1100. The molecule has 7 nitrogen and oxygen atoms in total. The van der Waals surface area contributed by atoms with E-state index < -0.39 is 0 Å². The summed E-state index contributed by atoms with van der Waals surface area (Å²) >= 11 is 7.31. The summed E-state index contributed by atoms with van der Waals surface area (Å²) in [6.07, 6.45) is 1.43. The maximum absolute atomic E-state index is 12.5. The summed E-state index contributed by atoms with van der Waals surface area (Å²) in [5, 5.41) is 12.5. The number of allylic oxidation sites excluding steroid dienone is 1. The minimum Gasteiger partial charge on any atom is -0.495 e. The number of halogens is 1. The lowest BCUT2D eigenvalue weighted by Crippen LogP contribution is -2.16. The highest BCUT2D eigenvalue weighted by Crippen LogP contribution is 2.29. The molecule has 0 saturated heterocycles. The molecule has 1 amide bonds. The summed E-state index contributed by atoms with van der Waals surface area (Å²) in [5.74, 6) is 1.87. The molecule has 1 heterocycles. The number of hydrogen-bond donors (Lipinski definition) is 1. The third-order valence-electron chi connectivity index (χ3n) is 4.49. The van der Waals surface area contributed by atoms with Crippen molar-refractivity contribution in [1.29, 1.82) is 0 Å². The van der Waals surface area contributed by atoms with Gasteiger partial charge in [-0.15, -0.1) is 16.8 Å². The number of nitrogens with one attached hydrogen (secondary N) is 1. The van der Waals surface area contributed by atoms with Crippen LogP contribution in [0.3, 0.4) is 0 Å². The molecule has 0 aliphatic carbocycles. The van der Waals surface area contributed by atoms with Crippen molar-refractivity contribution in [1.82, 2.24) is 14.8 Å². The second kappa shape index (κ2) is 11.1. The molecule has 0 aliphatic rings. The van der Waals surface area contributed by atoms with E-state index in [1.54, 1.807) is 24.3 Å². The number of aryl methyl sites for hydroxylation is 1. The van der Waals surface area contributed by atoms with E-state index in [2.05, 4.69) is 22.1 Å². The number of ether oxygens (including phenoxy) is 2. The molecule has 1 unspecified atom stereocenters. The highest BCUT2D eigenvalue weighted by atomic mass is 35.5. The third kappa shape index (κ3) is 6.05. The van der Waals surface area contributed by atoms with Gasteiger partial charge in [0, 0.05) is 11.6 Å². The minimum absolute atomic E-state index is 0.137. The summed E-state index contributed by atoms with van der Waals surface area (Å²) in [7, 11) is 1.53. The topological polar surface area (TPSA) is 78.3 Å². The van der Waals surface area contributed by atoms with Crippen LogP contribution in [0.5, 0.6) is 11.5 Å². The van der Waals surface area contributed by atoms with Crippen LogP contribution in [0.15, 0.2) is 60.3 Å². The monoisotopic (exact) mass is 472 g/mol. The van der Waals surface area contributed by atoms with Crippen molar-refractivity contribution in [3.8, 4) is 11.5 Å². The molecule has 0 spiro atoms. The van der Waals surface area contributed by atoms with Crippen LogP contribution >= 0.6 is 23.4 Å². The van der Waals surface area contributed by atoms with Crippen molar-refractivity contribution in [2.24, 2.45) is 0 Å². The smallest absolute Gasteiger partial charge is 0.234 e. The van der Waals surface area contributed by atoms with E-state index in [-0.39, 0.29) is 17.8 Å². The maximum Gasteiger partial charge on any atom is 0.234 e.